The Hall–Kier alpha value is -3.60. The molecule has 0 fully saturated rings. The van der Waals surface area contributed by atoms with Gasteiger partial charge in [-0.15, -0.1) is 0 Å². The van der Waals surface area contributed by atoms with Crippen molar-refractivity contribution in [2.45, 2.75) is 38.6 Å². The zero-order valence-electron chi connectivity index (χ0n) is 19.2. The first kappa shape index (κ1) is 22.6. The van der Waals surface area contributed by atoms with Crippen molar-refractivity contribution in [2.24, 2.45) is 0 Å². The Morgan fingerprint density at radius 2 is 1.67 bits per heavy atom. The fourth-order valence-electron chi connectivity index (χ4n) is 4.15. The second-order valence-electron chi connectivity index (χ2n) is 8.24. The molecule has 170 valence electrons. The van der Waals surface area contributed by atoms with Crippen LogP contribution in [0.15, 0.2) is 78.9 Å². The summed E-state index contributed by atoms with van der Waals surface area (Å²) in [5, 5.41) is 3.03. The molecule has 3 aromatic carbocycles. The fourth-order valence-corrected chi connectivity index (χ4v) is 4.15. The number of nitrogens with one attached hydrogen (secondary N) is 1. The molecular formula is C28H31N3O2. The quantitative estimate of drug-likeness (QED) is 0.327. The van der Waals surface area contributed by atoms with E-state index in [-0.39, 0.29) is 5.91 Å². The fraction of sp³-hybridized carbons (Fsp3) is 0.286. The number of aryl methyl sites for hydroxylation is 1. The van der Waals surface area contributed by atoms with Crippen molar-refractivity contribution in [3.8, 4) is 5.75 Å². The predicted octanol–water partition coefficient (Wildman–Crippen LogP) is 5.16. The van der Waals surface area contributed by atoms with Crippen molar-refractivity contribution in [1.82, 2.24) is 14.9 Å². The van der Waals surface area contributed by atoms with E-state index in [4.69, 9.17) is 9.72 Å². The topological polar surface area (TPSA) is 56.1 Å². The van der Waals surface area contributed by atoms with Crippen molar-refractivity contribution < 1.29 is 9.53 Å². The lowest BCUT2D eigenvalue weighted by molar-refractivity contribution is -0.120. The van der Waals surface area contributed by atoms with E-state index < -0.39 is 0 Å². The third-order valence-corrected chi connectivity index (χ3v) is 5.86. The Bertz CT molecular complexity index is 1180. The van der Waals surface area contributed by atoms with Crippen molar-refractivity contribution in [1.29, 1.82) is 0 Å². The zero-order chi connectivity index (χ0) is 22.9. The first-order valence-electron chi connectivity index (χ1n) is 11.6. The summed E-state index contributed by atoms with van der Waals surface area (Å²) in [4.78, 5) is 17.0. The Balaban J connectivity index is 1.31. The Morgan fingerprint density at radius 1 is 0.909 bits per heavy atom. The average molecular weight is 442 g/mol. The number of fused-ring (bicyclic) bond motifs is 1. The largest absolute Gasteiger partial charge is 0.496 e. The third kappa shape index (κ3) is 6.01. The van der Waals surface area contributed by atoms with Gasteiger partial charge < -0.3 is 14.6 Å². The Morgan fingerprint density at radius 3 is 2.52 bits per heavy atom. The number of para-hydroxylation sites is 3. The number of hydrogen-bond acceptors (Lipinski definition) is 3. The molecule has 0 aliphatic heterocycles. The van der Waals surface area contributed by atoms with Gasteiger partial charge in [0, 0.05) is 18.5 Å². The molecule has 0 unspecified atom stereocenters. The van der Waals surface area contributed by atoms with Crippen LogP contribution in [0.2, 0.25) is 0 Å². The normalized spacial score (nSPS) is 10.9. The predicted molar refractivity (Wildman–Crippen MR) is 133 cm³/mol. The molecule has 4 aromatic rings. The molecule has 1 N–H and O–H groups in total. The number of benzene rings is 3. The second kappa shape index (κ2) is 11.3. The van der Waals surface area contributed by atoms with Gasteiger partial charge in [-0.1, -0.05) is 67.1 Å². The molecular weight excluding hydrogens is 410 g/mol. The van der Waals surface area contributed by atoms with E-state index in [1.54, 1.807) is 7.11 Å². The molecule has 5 nitrogen and oxygen atoms in total. The minimum absolute atomic E-state index is 0.0831. The molecule has 0 spiro atoms. The van der Waals surface area contributed by atoms with Gasteiger partial charge in [0.1, 0.15) is 11.6 Å². The van der Waals surface area contributed by atoms with E-state index in [2.05, 4.69) is 34.1 Å². The van der Waals surface area contributed by atoms with Crippen LogP contribution in [0.3, 0.4) is 0 Å². The lowest BCUT2D eigenvalue weighted by atomic mass is 10.1. The molecule has 0 aliphatic carbocycles. The highest BCUT2D eigenvalue weighted by Crippen LogP contribution is 2.24. The van der Waals surface area contributed by atoms with Gasteiger partial charge in [0.15, 0.2) is 0 Å². The van der Waals surface area contributed by atoms with Crippen LogP contribution in [-0.2, 0) is 24.2 Å². The summed E-state index contributed by atoms with van der Waals surface area (Å²) in [6.07, 6.45) is 4.39. The van der Waals surface area contributed by atoms with Crippen molar-refractivity contribution >= 4 is 16.9 Å². The van der Waals surface area contributed by atoms with Crippen LogP contribution < -0.4 is 10.1 Å². The number of aromatic nitrogens is 2. The highest BCUT2D eigenvalue weighted by Gasteiger charge is 2.12. The Labute approximate surface area is 195 Å². The van der Waals surface area contributed by atoms with Crippen LogP contribution in [-0.4, -0.2) is 29.1 Å². The summed E-state index contributed by atoms with van der Waals surface area (Å²) in [6, 6.07) is 26.3. The number of carbonyl (C=O) groups excluding carboxylic acids is 1. The second-order valence-corrected chi connectivity index (χ2v) is 8.24. The molecule has 33 heavy (non-hydrogen) atoms. The SMILES string of the molecule is COc1ccccc1Cn1c(CCCCCNC(=O)Cc2ccccc2)nc2ccccc21. The first-order valence-corrected chi connectivity index (χ1v) is 11.6. The number of unbranched alkanes of at least 4 members (excludes halogenated alkanes) is 2. The maximum absolute atomic E-state index is 12.1. The molecule has 1 amide bonds. The zero-order valence-corrected chi connectivity index (χ0v) is 19.2. The standard InChI is InChI=1S/C28H31N3O2/c1-33-26-17-10-7-14-23(26)21-31-25-16-9-8-15-24(25)30-27(31)18-6-3-11-19-29-28(32)20-22-12-4-2-5-13-22/h2,4-5,7-10,12-17H,3,6,11,18-21H2,1H3,(H,29,32). The highest BCUT2D eigenvalue weighted by atomic mass is 16.5. The summed E-state index contributed by atoms with van der Waals surface area (Å²) < 4.78 is 7.86. The Kier molecular flexibility index (Phi) is 7.75. The van der Waals surface area contributed by atoms with Crippen LogP contribution >= 0.6 is 0 Å². The van der Waals surface area contributed by atoms with E-state index in [1.807, 2.05) is 54.6 Å². The average Bonchev–Trinajstić information content (AvgIpc) is 3.19. The lowest BCUT2D eigenvalue weighted by Gasteiger charge is -2.12. The van der Waals surface area contributed by atoms with Crippen molar-refractivity contribution in [3.63, 3.8) is 0 Å². The maximum Gasteiger partial charge on any atom is 0.224 e. The molecule has 4 rings (SSSR count). The van der Waals surface area contributed by atoms with Gasteiger partial charge in [-0.05, 0) is 36.6 Å². The van der Waals surface area contributed by atoms with Crippen LogP contribution in [0.25, 0.3) is 11.0 Å². The van der Waals surface area contributed by atoms with Gasteiger partial charge in [0.25, 0.3) is 0 Å². The van der Waals surface area contributed by atoms with E-state index in [0.29, 0.717) is 13.0 Å². The number of hydrogen-bond donors (Lipinski definition) is 1. The van der Waals surface area contributed by atoms with Crippen LogP contribution in [0.4, 0.5) is 0 Å². The third-order valence-electron chi connectivity index (χ3n) is 5.86. The van der Waals surface area contributed by atoms with Gasteiger partial charge in [-0.25, -0.2) is 4.98 Å². The van der Waals surface area contributed by atoms with E-state index in [9.17, 15) is 4.79 Å². The number of imidazole rings is 1. The smallest absolute Gasteiger partial charge is 0.224 e. The number of methoxy groups -OCH3 is 1. The van der Waals surface area contributed by atoms with Crippen LogP contribution in [0.1, 0.15) is 36.2 Å². The number of amides is 1. The molecule has 0 atom stereocenters. The van der Waals surface area contributed by atoms with Crippen molar-refractivity contribution in [2.75, 3.05) is 13.7 Å². The van der Waals surface area contributed by atoms with Gasteiger partial charge in [0.2, 0.25) is 5.91 Å². The molecule has 0 saturated carbocycles. The summed E-state index contributed by atoms with van der Waals surface area (Å²) in [7, 11) is 1.71. The number of ether oxygens (including phenoxy) is 1. The van der Waals surface area contributed by atoms with Gasteiger partial charge in [0.05, 0.1) is 31.1 Å². The molecule has 5 heteroatoms. The molecule has 1 heterocycles. The number of nitrogens with zero attached hydrogens (tertiary/aromatic N) is 2. The van der Waals surface area contributed by atoms with E-state index >= 15 is 0 Å². The van der Waals surface area contributed by atoms with Crippen LogP contribution in [0.5, 0.6) is 5.75 Å². The van der Waals surface area contributed by atoms with Gasteiger partial charge in [-0.3, -0.25) is 4.79 Å². The summed E-state index contributed by atoms with van der Waals surface area (Å²) >= 11 is 0. The highest BCUT2D eigenvalue weighted by molar-refractivity contribution is 5.78. The molecule has 0 radical (unpaired) electrons. The lowest BCUT2D eigenvalue weighted by Crippen LogP contribution is -2.26. The minimum Gasteiger partial charge on any atom is -0.496 e. The minimum atomic E-state index is 0.0831. The molecule has 0 saturated heterocycles. The molecule has 0 bridgehead atoms. The number of carbonyl (C=O) groups is 1. The molecule has 1 aromatic heterocycles. The van der Waals surface area contributed by atoms with Crippen molar-refractivity contribution in [3.05, 3.63) is 95.8 Å². The summed E-state index contributed by atoms with van der Waals surface area (Å²) in [5.41, 5.74) is 4.36. The number of rotatable bonds is 11. The summed E-state index contributed by atoms with van der Waals surface area (Å²) in [6.45, 7) is 1.44. The van der Waals surface area contributed by atoms with E-state index in [0.717, 1.165) is 66.0 Å². The van der Waals surface area contributed by atoms with Crippen LogP contribution in [0, 0.1) is 0 Å². The monoisotopic (exact) mass is 441 g/mol. The van der Waals surface area contributed by atoms with E-state index in [1.165, 1.54) is 0 Å². The van der Waals surface area contributed by atoms with Gasteiger partial charge >= 0.3 is 0 Å². The molecule has 0 aliphatic rings. The first-order chi connectivity index (χ1) is 16.2. The summed E-state index contributed by atoms with van der Waals surface area (Å²) in [5.74, 6) is 2.07. The maximum atomic E-state index is 12.1. The van der Waals surface area contributed by atoms with Gasteiger partial charge in [-0.2, -0.15) is 0 Å².